The van der Waals surface area contributed by atoms with Gasteiger partial charge in [0, 0.05) is 28.9 Å². The molecule has 3 rings (SSSR count). The van der Waals surface area contributed by atoms with E-state index < -0.39 is 10.0 Å². The van der Waals surface area contributed by atoms with Crippen LogP contribution in [-0.4, -0.2) is 20.5 Å². The lowest BCUT2D eigenvalue weighted by atomic mass is 10.4. The molecule has 0 atom stereocenters. The first kappa shape index (κ1) is 11.6. The highest BCUT2D eigenvalue weighted by Gasteiger charge is 2.28. The van der Waals surface area contributed by atoms with Gasteiger partial charge in [-0.15, -0.1) is 11.3 Å². The van der Waals surface area contributed by atoms with Crippen molar-refractivity contribution in [2.24, 2.45) is 0 Å². The van der Waals surface area contributed by atoms with Gasteiger partial charge in [0.25, 0.3) is 0 Å². The Morgan fingerprint density at radius 1 is 1.24 bits per heavy atom. The Morgan fingerprint density at radius 2 is 1.94 bits per heavy atom. The van der Waals surface area contributed by atoms with Crippen LogP contribution in [0.2, 0.25) is 0 Å². The Hall–Kier alpha value is -0.430. The number of hydrogen-bond acceptors (Lipinski definition) is 4. The van der Waals surface area contributed by atoms with Crippen molar-refractivity contribution in [3.8, 4) is 0 Å². The zero-order valence-electron chi connectivity index (χ0n) is 9.48. The summed E-state index contributed by atoms with van der Waals surface area (Å²) in [6, 6.07) is 2.61. The Kier molecular flexibility index (Phi) is 2.98. The third-order valence-corrected chi connectivity index (χ3v) is 5.57. The Bertz CT molecular complexity index is 501. The van der Waals surface area contributed by atoms with E-state index >= 15 is 0 Å². The van der Waals surface area contributed by atoms with E-state index in [0.717, 1.165) is 24.3 Å². The summed E-state index contributed by atoms with van der Waals surface area (Å²) in [6.45, 7) is 0.786. The van der Waals surface area contributed by atoms with Crippen molar-refractivity contribution in [3.63, 3.8) is 0 Å². The summed E-state index contributed by atoms with van der Waals surface area (Å²) in [5.41, 5.74) is 0. The van der Waals surface area contributed by atoms with E-state index in [2.05, 4.69) is 10.0 Å². The minimum atomic E-state index is -3.27. The molecule has 0 aromatic carbocycles. The van der Waals surface area contributed by atoms with Gasteiger partial charge < -0.3 is 5.32 Å². The normalized spacial score (nSPS) is 20.7. The van der Waals surface area contributed by atoms with Crippen molar-refractivity contribution in [1.29, 1.82) is 0 Å². The zero-order chi connectivity index (χ0) is 11.9. The first-order chi connectivity index (χ1) is 8.13. The third kappa shape index (κ3) is 3.07. The molecule has 1 heterocycles. The van der Waals surface area contributed by atoms with E-state index in [1.807, 2.05) is 0 Å². The lowest BCUT2D eigenvalue weighted by Gasteiger charge is -2.02. The van der Waals surface area contributed by atoms with Crippen LogP contribution < -0.4 is 10.0 Å². The van der Waals surface area contributed by atoms with Crippen LogP contribution >= 0.6 is 11.3 Å². The highest BCUT2D eigenvalue weighted by atomic mass is 32.2. The molecular weight excluding hydrogens is 256 g/mol. The number of nitrogens with one attached hydrogen (secondary N) is 2. The minimum absolute atomic E-state index is 0.174. The molecule has 0 amide bonds. The molecule has 2 fully saturated rings. The summed E-state index contributed by atoms with van der Waals surface area (Å²) in [4.78, 5) is 1.51. The smallest absolute Gasteiger partial charge is 0.241 e. The molecule has 0 aliphatic heterocycles. The molecule has 2 saturated carbocycles. The summed E-state index contributed by atoms with van der Waals surface area (Å²) in [7, 11) is -3.27. The molecule has 2 aliphatic rings. The largest absolute Gasteiger partial charge is 0.309 e. The van der Waals surface area contributed by atoms with Crippen LogP contribution in [0.15, 0.2) is 16.3 Å². The van der Waals surface area contributed by atoms with Gasteiger partial charge in [-0.1, -0.05) is 0 Å². The van der Waals surface area contributed by atoms with Crippen molar-refractivity contribution < 1.29 is 8.42 Å². The van der Waals surface area contributed by atoms with Crippen molar-refractivity contribution in [2.75, 3.05) is 0 Å². The summed E-state index contributed by atoms with van der Waals surface area (Å²) < 4.78 is 26.5. The molecule has 6 heteroatoms. The molecule has 1 aromatic heterocycles. The van der Waals surface area contributed by atoms with Crippen LogP contribution in [0.25, 0.3) is 0 Å². The topological polar surface area (TPSA) is 58.2 Å². The van der Waals surface area contributed by atoms with Crippen LogP contribution in [0, 0.1) is 0 Å². The quantitative estimate of drug-likeness (QED) is 0.824. The van der Waals surface area contributed by atoms with Gasteiger partial charge in [-0.3, -0.25) is 0 Å². The van der Waals surface area contributed by atoms with Gasteiger partial charge in [0.15, 0.2) is 0 Å². The predicted octanol–water partition coefficient (Wildman–Crippen LogP) is 1.44. The van der Waals surface area contributed by atoms with Crippen LogP contribution in [0.5, 0.6) is 0 Å². The van der Waals surface area contributed by atoms with Gasteiger partial charge in [-0.05, 0) is 31.7 Å². The van der Waals surface area contributed by atoms with Gasteiger partial charge in [-0.2, -0.15) is 0 Å². The first-order valence-electron chi connectivity index (χ1n) is 5.96. The second kappa shape index (κ2) is 4.35. The summed E-state index contributed by atoms with van der Waals surface area (Å²) >= 11 is 1.51. The molecule has 0 unspecified atom stereocenters. The number of hydrogen-bond donors (Lipinski definition) is 2. The fourth-order valence-corrected chi connectivity index (χ4v) is 4.15. The average Bonchev–Trinajstić information content (AvgIpc) is 3.18. The lowest BCUT2D eigenvalue weighted by molar-refractivity contribution is 0.581. The van der Waals surface area contributed by atoms with Crippen molar-refractivity contribution in [1.82, 2.24) is 10.0 Å². The molecule has 94 valence electrons. The van der Waals surface area contributed by atoms with E-state index in [9.17, 15) is 8.42 Å². The maximum Gasteiger partial charge on any atom is 0.241 e. The summed E-state index contributed by atoms with van der Waals surface area (Å²) in [5, 5.41) is 5.12. The molecule has 0 spiro atoms. The van der Waals surface area contributed by atoms with Crippen LogP contribution in [0.4, 0.5) is 0 Å². The van der Waals surface area contributed by atoms with Gasteiger partial charge in [-0.25, -0.2) is 13.1 Å². The molecule has 0 bridgehead atoms. The Balaban J connectivity index is 1.65. The third-order valence-electron chi connectivity index (χ3n) is 2.98. The SMILES string of the molecule is O=S(=O)(NC1CC1)c1csc(CNC2CC2)c1. The fraction of sp³-hybridized carbons (Fsp3) is 0.636. The highest BCUT2D eigenvalue weighted by molar-refractivity contribution is 7.89. The zero-order valence-corrected chi connectivity index (χ0v) is 11.1. The molecule has 0 saturated heterocycles. The molecule has 0 radical (unpaired) electrons. The Labute approximate surface area is 105 Å². The maximum absolute atomic E-state index is 11.9. The van der Waals surface area contributed by atoms with Crippen molar-refractivity contribution in [3.05, 3.63) is 16.3 Å². The van der Waals surface area contributed by atoms with E-state index in [4.69, 9.17) is 0 Å². The predicted molar refractivity (Wildman–Crippen MR) is 67.5 cm³/mol. The molecule has 1 aromatic rings. The maximum atomic E-state index is 11.9. The summed E-state index contributed by atoms with van der Waals surface area (Å²) in [5.74, 6) is 0. The number of thiophene rings is 1. The summed E-state index contributed by atoms with van der Waals surface area (Å²) in [6.07, 6.45) is 4.44. The standard InChI is InChI=1S/C11H16N2O2S2/c14-17(15,13-9-3-4-9)11-5-10(16-7-11)6-12-8-1-2-8/h5,7-9,12-13H,1-4,6H2. The molecular formula is C11H16N2O2S2. The van der Waals surface area contributed by atoms with Crippen molar-refractivity contribution in [2.45, 2.75) is 49.2 Å². The number of sulfonamides is 1. The monoisotopic (exact) mass is 272 g/mol. The van der Waals surface area contributed by atoms with E-state index in [0.29, 0.717) is 10.9 Å². The van der Waals surface area contributed by atoms with Crippen LogP contribution in [-0.2, 0) is 16.6 Å². The average molecular weight is 272 g/mol. The molecule has 2 N–H and O–H groups in total. The fourth-order valence-electron chi connectivity index (χ4n) is 1.62. The lowest BCUT2D eigenvalue weighted by Crippen LogP contribution is -2.25. The molecule has 17 heavy (non-hydrogen) atoms. The Morgan fingerprint density at radius 3 is 2.59 bits per heavy atom. The van der Waals surface area contributed by atoms with Crippen LogP contribution in [0.3, 0.4) is 0 Å². The van der Waals surface area contributed by atoms with Gasteiger partial charge in [0.1, 0.15) is 0 Å². The van der Waals surface area contributed by atoms with Gasteiger partial charge >= 0.3 is 0 Å². The molecule has 2 aliphatic carbocycles. The first-order valence-corrected chi connectivity index (χ1v) is 8.33. The number of rotatable bonds is 6. The van der Waals surface area contributed by atoms with Gasteiger partial charge in [0.05, 0.1) is 4.90 Å². The van der Waals surface area contributed by atoms with Gasteiger partial charge in [0.2, 0.25) is 10.0 Å². The second-order valence-corrected chi connectivity index (χ2v) is 7.51. The van der Waals surface area contributed by atoms with E-state index in [1.54, 1.807) is 11.4 Å². The van der Waals surface area contributed by atoms with E-state index in [1.165, 1.54) is 24.2 Å². The molecule has 4 nitrogen and oxygen atoms in total. The van der Waals surface area contributed by atoms with Crippen LogP contribution in [0.1, 0.15) is 30.6 Å². The highest BCUT2D eigenvalue weighted by Crippen LogP contribution is 2.25. The van der Waals surface area contributed by atoms with Crippen molar-refractivity contribution >= 4 is 21.4 Å². The minimum Gasteiger partial charge on any atom is -0.309 e. The van der Waals surface area contributed by atoms with E-state index in [-0.39, 0.29) is 6.04 Å². The second-order valence-electron chi connectivity index (χ2n) is 4.80.